The molecule has 1 atom stereocenters. The van der Waals surface area contributed by atoms with Crippen LogP contribution in [-0.4, -0.2) is 23.7 Å². The van der Waals surface area contributed by atoms with Crippen LogP contribution in [0, 0.1) is 5.92 Å². The van der Waals surface area contributed by atoms with Crippen molar-refractivity contribution >= 4 is 5.91 Å². The van der Waals surface area contributed by atoms with Gasteiger partial charge in [-0.3, -0.25) is 4.79 Å². The number of nitrogens with one attached hydrogen (secondary N) is 1. The number of hydrogen-bond donors (Lipinski definition) is 2. The summed E-state index contributed by atoms with van der Waals surface area (Å²) in [6.07, 6.45) is 2.19. The van der Waals surface area contributed by atoms with E-state index < -0.39 is 0 Å². The minimum atomic E-state index is 0.112. The van der Waals surface area contributed by atoms with E-state index in [4.69, 9.17) is 5.11 Å². The Balaban J connectivity index is 3.53. The average molecular weight is 187 g/mol. The van der Waals surface area contributed by atoms with Gasteiger partial charge in [-0.2, -0.15) is 0 Å². The SMILES string of the molecule is CC(C)CC(=O)NC(C)CCCO. The molecule has 0 spiro atoms. The second-order valence-electron chi connectivity index (χ2n) is 3.93. The van der Waals surface area contributed by atoms with Crippen molar-refractivity contribution in [2.75, 3.05) is 6.61 Å². The maximum absolute atomic E-state index is 11.3. The summed E-state index contributed by atoms with van der Waals surface area (Å²) in [5, 5.41) is 11.5. The molecule has 78 valence electrons. The molecule has 0 aliphatic heterocycles. The molecule has 0 bridgehead atoms. The van der Waals surface area contributed by atoms with E-state index in [0.717, 1.165) is 12.8 Å². The van der Waals surface area contributed by atoms with Crippen LogP contribution in [0.4, 0.5) is 0 Å². The molecule has 2 N–H and O–H groups in total. The highest BCUT2D eigenvalue weighted by molar-refractivity contribution is 5.76. The number of carbonyl (C=O) groups is 1. The van der Waals surface area contributed by atoms with Gasteiger partial charge in [0.25, 0.3) is 0 Å². The minimum absolute atomic E-state index is 0.112. The lowest BCUT2D eigenvalue weighted by molar-refractivity contribution is -0.122. The second-order valence-corrected chi connectivity index (χ2v) is 3.93. The molecule has 0 radical (unpaired) electrons. The maximum atomic E-state index is 11.3. The van der Waals surface area contributed by atoms with Crippen LogP contribution in [0.25, 0.3) is 0 Å². The lowest BCUT2D eigenvalue weighted by Gasteiger charge is -2.13. The molecule has 0 fully saturated rings. The van der Waals surface area contributed by atoms with Crippen molar-refractivity contribution < 1.29 is 9.90 Å². The molecule has 0 rings (SSSR count). The van der Waals surface area contributed by atoms with Gasteiger partial charge in [0.15, 0.2) is 0 Å². The van der Waals surface area contributed by atoms with Crippen molar-refractivity contribution in [3.05, 3.63) is 0 Å². The van der Waals surface area contributed by atoms with Gasteiger partial charge in [-0.25, -0.2) is 0 Å². The van der Waals surface area contributed by atoms with Crippen LogP contribution in [0.5, 0.6) is 0 Å². The van der Waals surface area contributed by atoms with Gasteiger partial charge >= 0.3 is 0 Å². The Bertz CT molecular complexity index is 146. The molecule has 0 heterocycles. The first-order chi connectivity index (χ1) is 6.06. The zero-order chi connectivity index (χ0) is 10.3. The quantitative estimate of drug-likeness (QED) is 0.658. The van der Waals surface area contributed by atoms with Crippen LogP contribution < -0.4 is 5.32 Å². The van der Waals surface area contributed by atoms with Gasteiger partial charge < -0.3 is 10.4 Å². The number of amides is 1. The first kappa shape index (κ1) is 12.4. The van der Waals surface area contributed by atoms with Gasteiger partial charge in [0.1, 0.15) is 0 Å². The molecule has 0 saturated heterocycles. The van der Waals surface area contributed by atoms with E-state index in [1.807, 2.05) is 20.8 Å². The zero-order valence-corrected chi connectivity index (χ0v) is 8.84. The highest BCUT2D eigenvalue weighted by Gasteiger charge is 2.08. The Kier molecular flexibility index (Phi) is 6.59. The molecule has 3 heteroatoms. The summed E-state index contributed by atoms with van der Waals surface area (Å²) in [5.74, 6) is 0.519. The van der Waals surface area contributed by atoms with Crippen molar-refractivity contribution in [1.82, 2.24) is 5.32 Å². The number of aliphatic hydroxyl groups excluding tert-OH is 1. The Labute approximate surface area is 80.5 Å². The van der Waals surface area contributed by atoms with E-state index in [1.165, 1.54) is 0 Å². The Hall–Kier alpha value is -0.570. The van der Waals surface area contributed by atoms with Gasteiger partial charge in [0.05, 0.1) is 0 Å². The van der Waals surface area contributed by atoms with Gasteiger partial charge in [-0.1, -0.05) is 13.8 Å². The average Bonchev–Trinajstić information content (AvgIpc) is 1.98. The van der Waals surface area contributed by atoms with Gasteiger partial charge in [0, 0.05) is 19.1 Å². The van der Waals surface area contributed by atoms with Crippen LogP contribution in [-0.2, 0) is 4.79 Å². The molecule has 0 saturated carbocycles. The molecule has 3 nitrogen and oxygen atoms in total. The van der Waals surface area contributed by atoms with Gasteiger partial charge in [-0.15, -0.1) is 0 Å². The molecule has 0 aromatic rings. The summed E-state index contributed by atoms with van der Waals surface area (Å²) >= 11 is 0. The van der Waals surface area contributed by atoms with E-state index in [9.17, 15) is 4.79 Å². The highest BCUT2D eigenvalue weighted by Crippen LogP contribution is 2.01. The molecule has 0 aliphatic rings. The van der Waals surface area contributed by atoms with E-state index >= 15 is 0 Å². The second kappa shape index (κ2) is 6.89. The standard InChI is InChI=1S/C10H21NO2/c1-8(2)7-10(13)11-9(3)5-4-6-12/h8-9,12H,4-7H2,1-3H3,(H,11,13). The van der Waals surface area contributed by atoms with E-state index in [0.29, 0.717) is 12.3 Å². The third-order valence-corrected chi connectivity index (χ3v) is 1.80. The van der Waals surface area contributed by atoms with Crippen molar-refractivity contribution in [3.8, 4) is 0 Å². The Morgan fingerprint density at radius 3 is 2.46 bits per heavy atom. The third kappa shape index (κ3) is 7.78. The van der Waals surface area contributed by atoms with Crippen LogP contribution in [0.1, 0.15) is 40.0 Å². The highest BCUT2D eigenvalue weighted by atomic mass is 16.2. The first-order valence-electron chi connectivity index (χ1n) is 4.96. The predicted molar refractivity (Wildman–Crippen MR) is 53.4 cm³/mol. The molecule has 13 heavy (non-hydrogen) atoms. The summed E-state index contributed by atoms with van der Waals surface area (Å²) in [6, 6.07) is 0.179. The summed E-state index contributed by atoms with van der Waals surface area (Å²) < 4.78 is 0. The summed E-state index contributed by atoms with van der Waals surface area (Å²) in [6.45, 7) is 6.22. The fraction of sp³-hybridized carbons (Fsp3) is 0.900. The van der Waals surface area contributed by atoms with Crippen molar-refractivity contribution in [2.45, 2.75) is 46.1 Å². The third-order valence-electron chi connectivity index (χ3n) is 1.80. The van der Waals surface area contributed by atoms with E-state index in [-0.39, 0.29) is 18.6 Å². The van der Waals surface area contributed by atoms with E-state index in [1.54, 1.807) is 0 Å². The summed E-state index contributed by atoms with van der Waals surface area (Å²) in [7, 11) is 0. The van der Waals surface area contributed by atoms with Crippen LogP contribution >= 0.6 is 0 Å². The summed E-state index contributed by atoms with van der Waals surface area (Å²) in [5.41, 5.74) is 0. The monoisotopic (exact) mass is 187 g/mol. The fourth-order valence-corrected chi connectivity index (χ4v) is 1.17. The molecular formula is C10H21NO2. The lowest BCUT2D eigenvalue weighted by atomic mass is 10.1. The van der Waals surface area contributed by atoms with Crippen LogP contribution in [0.3, 0.4) is 0 Å². The molecule has 1 unspecified atom stereocenters. The first-order valence-corrected chi connectivity index (χ1v) is 4.96. The minimum Gasteiger partial charge on any atom is -0.396 e. The molecular weight excluding hydrogens is 166 g/mol. The van der Waals surface area contributed by atoms with Crippen molar-refractivity contribution in [3.63, 3.8) is 0 Å². The predicted octanol–water partition coefficient (Wildman–Crippen LogP) is 1.31. The molecule has 0 aliphatic carbocycles. The molecule has 0 aromatic carbocycles. The largest absolute Gasteiger partial charge is 0.396 e. The zero-order valence-electron chi connectivity index (χ0n) is 8.84. The van der Waals surface area contributed by atoms with Gasteiger partial charge in [-0.05, 0) is 25.7 Å². The topological polar surface area (TPSA) is 49.3 Å². The number of aliphatic hydroxyl groups is 1. The fourth-order valence-electron chi connectivity index (χ4n) is 1.17. The number of rotatable bonds is 6. The number of carbonyl (C=O) groups excluding carboxylic acids is 1. The van der Waals surface area contributed by atoms with Crippen LogP contribution in [0.15, 0.2) is 0 Å². The van der Waals surface area contributed by atoms with Crippen molar-refractivity contribution in [1.29, 1.82) is 0 Å². The lowest BCUT2D eigenvalue weighted by Crippen LogP contribution is -2.33. The Morgan fingerprint density at radius 1 is 1.38 bits per heavy atom. The normalized spacial score (nSPS) is 13.0. The summed E-state index contributed by atoms with van der Waals surface area (Å²) in [4.78, 5) is 11.3. The number of hydrogen-bond acceptors (Lipinski definition) is 2. The Morgan fingerprint density at radius 2 is 2.00 bits per heavy atom. The smallest absolute Gasteiger partial charge is 0.220 e. The van der Waals surface area contributed by atoms with E-state index in [2.05, 4.69) is 5.32 Å². The van der Waals surface area contributed by atoms with Gasteiger partial charge in [0.2, 0.25) is 5.91 Å². The molecule has 1 amide bonds. The molecule has 0 aromatic heterocycles. The van der Waals surface area contributed by atoms with Crippen LogP contribution in [0.2, 0.25) is 0 Å². The maximum Gasteiger partial charge on any atom is 0.220 e. The van der Waals surface area contributed by atoms with Crippen molar-refractivity contribution in [2.24, 2.45) is 5.92 Å².